The molecule has 76 valence electrons. The van der Waals surface area contributed by atoms with E-state index in [2.05, 4.69) is 9.72 Å². The highest BCUT2D eigenvalue weighted by Gasteiger charge is 2.18. The second-order valence-electron chi connectivity index (χ2n) is 2.55. The Morgan fingerprint density at radius 1 is 1.50 bits per heavy atom. The Morgan fingerprint density at radius 2 is 2.21 bits per heavy atom. The molecule has 1 rings (SSSR count). The summed E-state index contributed by atoms with van der Waals surface area (Å²) >= 11 is 0. The molecule has 0 amide bonds. The van der Waals surface area contributed by atoms with Gasteiger partial charge in [0.05, 0.1) is 26.1 Å². The molecule has 5 heteroatoms. The molecule has 1 aromatic heterocycles. The third-order valence-electron chi connectivity index (χ3n) is 1.70. The van der Waals surface area contributed by atoms with E-state index in [0.717, 1.165) is 0 Å². The van der Waals surface area contributed by atoms with Crippen LogP contribution in [0.25, 0.3) is 0 Å². The first-order valence-corrected chi connectivity index (χ1v) is 3.95. The number of ether oxygens (including phenoxy) is 2. The molecular weight excluding hydrogens is 186 g/mol. The number of carbonyl (C=O) groups excluding carboxylic acids is 1. The lowest BCUT2D eigenvalue weighted by Crippen LogP contribution is -2.14. The topological polar surface area (TPSA) is 68.7 Å². The number of aliphatic hydroxyl groups excluding tert-OH is 1. The number of nitrogens with zero attached hydrogens (tertiary/aromatic N) is 1. The van der Waals surface area contributed by atoms with Gasteiger partial charge < -0.3 is 14.6 Å². The Bertz CT molecular complexity index is 309. The first-order valence-electron chi connectivity index (χ1n) is 3.95. The number of hydrogen-bond acceptors (Lipinski definition) is 5. The van der Waals surface area contributed by atoms with Gasteiger partial charge >= 0.3 is 5.97 Å². The summed E-state index contributed by atoms with van der Waals surface area (Å²) in [5.41, 5.74) is 0.234. The predicted molar refractivity (Wildman–Crippen MR) is 47.8 cm³/mol. The summed E-state index contributed by atoms with van der Waals surface area (Å²) in [5, 5.41) is 9.37. The van der Waals surface area contributed by atoms with Crippen molar-refractivity contribution in [3.8, 4) is 5.75 Å². The number of aromatic nitrogens is 1. The lowest BCUT2D eigenvalue weighted by molar-refractivity contribution is -0.150. The van der Waals surface area contributed by atoms with E-state index in [1.807, 2.05) is 0 Å². The molecule has 0 radical (unpaired) electrons. The van der Waals surface area contributed by atoms with Crippen LogP contribution in [0.5, 0.6) is 5.75 Å². The van der Waals surface area contributed by atoms with E-state index in [4.69, 9.17) is 4.74 Å². The molecule has 1 aromatic rings. The van der Waals surface area contributed by atoms with Gasteiger partial charge in [-0.05, 0) is 12.1 Å². The van der Waals surface area contributed by atoms with Crippen molar-refractivity contribution < 1.29 is 19.4 Å². The number of carbonyl (C=O) groups is 1. The molecule has 0 aliphatic heterocycles. The van der Waals surface area contributed by atoms with E-state index in [0.29, 0.717) is 5.75 Å². The molecule has 0 bridgehead atoms. The second-order valence-corrected chi connectivity index (χ2v) is 2.55. The molecule has 1 atom stereocenters. The van der Waals surface area contributed by atoms with Gasteiger partial charge in [0.25, 0.3) is 0 Å². The van der Waals surface area contributed by atoms with Gasteiger partial charge in [0.2, 0.25) is 0 Å². The summed E-state index contributed by atoms with van der Waals surface area (Å²) in [6.45, 7) is 0. The van der Waals surface area contributed by atoms with Gasteiger partial charge in [0.15, 0.2) is 6.10 Å². The molecule has 0 fully saturated rings. The van der Waals surface area contributed by atoms with Gasteiger partial charge in [-0.1, -0.05) is 0 Å². The Balaban J connectivity index is 2.81. The summed E-state index contributed by atoms with van der Waals surface area (Å²) in [6.07, 6.45) is 0.0764. The lowest BCUT2D eigenvalue weighted by atomic mass is 10.2. The molecule has 0 saturated heterocycles. The zero-order valence-corrected chi connectivity index (χ0v) is 7.93. The van der Waals surface area contributed by atoms with Crippen LogP contribution in [-0.2, 0) is 9.53 Å². The van der Waals surface area contributed by atoms with Crippen LogP contribution < -0.4 is 4.74 Å². The van der Waals surface area contributed by atoms with E-state index in [-0.39, 0.29) is 5.69 Å². The second kappa shape index (κ2) is 4.57. The third kappa shape index (κ3) is 2.20. The summed E-state index contributed by atoms with van der Waals surface area (Å²) in [4.78, 5) is 14.8. The highest BCUT2D eigenvalue weighted by molar-refractivity contribution is 5.75. The normalized spacial score (nSPS) is 11.9. The summed E-state index contributed by atoms with van der Waals surface area (Å²) in [6, 6.07) is 3.11. The number of aliphatic hydroxyl groups is 1. The molecule has 0 spiro atoms. The number of rotatable bonds is 3. The molecule has 1 N–H and O–H groups in total. The first-order chi connectivity index (χ1) is 6.69. The maximum atomic E-state index is 10.9. The average Bonchev–Trinajstić information content (AvgIpc) is 2.27. The SMILES string of the molecule is COC(=O)C(O)c1ccc(OC)cn1. The zero-order chi connectivity index (χ0) is 10.6. The first kappa shape index (κ1) is 10.5. The third-order valence-corrected chi connectivity index (χ3v) is 1.70. The fraction of sp³-hybridized carbons (Fsp3) is 0.333. The van der Waals surface area contributed by atoms with Gasteiger partial charge in [0.1, 0.15) is 5.75 Å². The van der Waals surface area contributed by atoms with Crippen molar-refractivity contribution in [2.45, 2.75) is 6.10 Å². The molecule has 1 unspecified atom stereocenters. The van der Waals surface area contributed by atoms with Gasteiger partial charge in [-0.15, -0.1) is 0 Å². The van der Waals surface area contributed by atoms with E-state index in [9.17, 15) is 9.90 Å². The smallest absolute Gasteiger partial charge is 0.341 e. The van der Waals surface area contributed by atoms with Gasteiger partial charge in [-0.2, -0.15) is 0 Å². The van der Waals surface area contributed by atoms with Crippen molar-refractivity contribution in [2.75, 3.05) is 14.2 Å². The molecular formula is C9H11NO4. The van der Waals surface area contributed by atoms with E-state index < -0.39 is 12.1 Å². The Labute approximate surface area is 81.3 Å². The van der Waals surface area contributed by atoms with Crippen LogP contribution >= 0.6 is 0 Å². The average molecular weight is 197 g/mol. The van der Waals surface area contributed by atoms with E-state index >= 15 is 0 Å². The standard InChI is InChI=1S/C9H11NO4/c1-13-6-3-4-7(10-5-6)8(11)9(12)14-2/h3-5,8,11H,1-2H3. The maximum Gasteiger partial charge on any atom is 0.341 e. The number of pyridine rings is 1. The van der Waals surface area contributed by atoms with Crippen molar-refractivity contribution in [3.05, 3.63) is 24.0 Å². The molecule has 14 heavy (non-hydrogen) atoms. The number of esters is 1. The predicted octanol–water partition coefficient (Wildman–Crippen LogP) is 0.297. The summed E-state index contributed by atoms with van der Waals surface area (Å²) in [7, 11) is 2.71. The van der Waals surface area contributed by atoms with E-state index in [1.54, 1.807) is 6.07 Å². The lowest BCUT2D eigenvalue weighted by Gasteiger charge is -2.07. The van der Waals surface area contributed by atoms with Gasteiger partial charge in [-0.3, -0.25) is 4.98 Å². The molecule has 1 heterocycles. The fourth-order valence-electron chi connectivity index (χ4n) is 0.907. The van der Waals surface area contributed by atoms with Crippen LogP contribution in [-0.4, -0.2) is 30.3 Å². The molecule has 0 saturated carbocycles. The van der Waals surface area contributed by atoms with Crippen molar-refractivity contribution in [2.24, 2.45) is 0 Å². The van der Waals surface area contributed by atoms with Crippen molar-refractivity contribution in [1.82, 2.24) is 4.98 Å². The maximum absolute atomic E-state index is 10.9. The summed E-state index contributed by atoms with van der Waals surface area (Å²) in [5.74, 6) is -0.173. The van der Waals surface area contributed by atoms with Crippen LogP contribution in [0.2, 0.25) is 0 Å². The van der Waals surface area contributed by atoms with Gasteiger partial charge in [0, 0.05) is 0 Å². The molecule has 0 aliphatic rings. The van der Waals surface area contributed by atoms with Crippen LogP contribution in [0.1, 0.15) is 11.8 Å². The van der Waals surface area contributed by atoms with E-state index in [1.165, 1.54) is 26.5 Å². The number of hydrogen-bond donors (Lipinski definition) is 1. The van der Waals surface area contributed by atoms with Crippen molar-refractivity contribution in [3.63, 3.8) is 0 Å². The van der Waals surface area contributed by atoms with Crippen molar-refractivity contribution in [1.29, 1.82) is 0 Å². The van der Waals surface area contributed by atoms with Crippen LogP contribution in [0.4, 0.5) is 0 Å². The van der Waals surface area contributed by atoms with Crippen LogP contribution in [0.3, 0.4) is 0 Å². The quantitative estimate of drug-likeness (QED) is 0.705. The highest BCUT2D eigenvalue weighted by Crippen LogP contribution is 2.14. The Morgan fingerprint density at radius 3 is 2.64 bits per heavy atom. The monoisotopic (exact) mass is 197 g/mol. The number of methoxy groups -OCH3 is 2. The zero-order valence-electron chi connectivity index (χ0n) is 7.93. The molecule has 5 nitrogen and oxygen atoms in total. The molecule has 0 aliphatic carbocycles. The Hall–Kier alpha value is -1.62. The Kier molecular flexibility index (Phi) is 3.41. The summed E-state index contributed by atoms with van der Waals surface area (Å²) < 4.78 is 9.24. The largest absolute Gasteiger partial charge is 0.495 e. The minimum absolute atomic E-state index is 0.234. The van der Waals surface area contributed by atoms with Crippen LogP contribution in [0.15, 0.2) is 18.3 Å². The minimum atomic E-state index is -1.34. The fourth-order valence-corrected chi connectivity index (χ4v) is 0.907. The van der Waals surface area contributed by atoms with Crippen molar-refractivity contribution >= 4 is 5.97 Å². The van der Waals surface area contributed by atoms with Gasteiger partial charge in [-0.25, -0.2) is 4.79 Å². The molecule has 0 aromatic carbocycles. The minimum Gasteiger partial charge on any atom is -0.495 e. The highest BCUT2D eigenvalue weighted by atomic mass is 16.5. The van der Waals surface area contributed by atoms with Crippen LogP contribution in [0, 0.1) is 0 Å².